The van der Waals surface area contributed by atoms with Gasteiger partial charge in [-0.25, -0.2) is 8.78 Å². The Hall–Kier alpha value is -4.14. The summed E-state index contributed by atoms with van der Waals surface area (Å²) in [7, 11) is 0. The van der Waals surface area contributed by atoms with E-state index in [0.29, 0.717) is 24.1 Å². The SMILES string of the molecule is O=C1Cc2ccc(NC(=O)CCNC(=O)c3cccn(Cc4ccc(F)c(F)c4)c3=O)cc2C1. The fourth-order valence-corrected chi connectivity index (χ4v) is 3.81. The average Bonchev–Trinajstić information content (AvgIpc) is 3.17. The second kappa shape index (κ2) is 9.78. The van der Waals surface area contributed by atoms with Gasteiger partial charge in [-0.3, -0.25) is 19.2 Å². The fourth-order valence-electron chi connectivity index (χ4n) is 3.81. The highest BCUT2D eigenvalue weighted by molar-refractivity contribution is 5.95. The van der Waals surface area contributed by atoms with Crippen molar-refractivity contribution in [3.05, 3.63) is 99.0 Å². The molecule has 9 heteroatoms. The molecule has 1 aromatic heterocycles. The molecule has 1 heterocycles. The van der Waals surface area contributed by atoms with Gasteiger partial charge in [0.15, 0.2) is 11.6 Å². The van der Waals surface area contributed by atoms with Crippen LogP contribution in [0.25, 0.3) is 0 Å². The minimum absolute atomic E-state index is 0.00556. The van der Waals surface area contributed by atoms with Gasteiger partial charge in [0.2, 0.25) is 5.91 Å². The van der Waals surface area contributed by atoms with Crippen LogP contribution in [-0.2, 0) is 29.0 Å². The molecule has 2 amide bonds. The molecule has 0 saturated heterocycles. The number of pyridine rings is 1. The zero-order valence-electron chi connectivity index (χ0n) is 18.1. The Morgan fingerprint density at radius 3 is 2.53 bits per heavy atom. The molecule has 0 spiro atoms. The van der Waals surface area contributed by atoms with Gasteiger partial charge in [-0.05, 0) is 53.1 Å². The lowest BCUT2D eigenvalue weighted by molar-refractivity contribution is -0.117. The van der Waals surface area contributed by atoms with Gasteiger partial charge in [0.1, 0.15) is 11.3 Å². The molecule has 0 fully saturated rings. The maximum absolute atomic E-state index is 13.4. The summed E-state index contributed by atoms with van der Waals surface area (Å²) >= 11 is 0. The Morgan fingerprint density at radius 1 is 0.941 bits per heavy atom. The van der Waals surface area contributed by atoms with Crippen molar-refractivity contribution in [2.24, 2.45) is 0 Å². The highest BCUT2D eigenvalue weighted by atomic mass is 19.2. The van der Waals surface area contributed by atoms with Crippen LogP contribution >= 0.6 is 0 Å². The van der Waals surface area contributed by atoms with Crippen molar-refractivity contribution < 1.29 is 23.2 Å². The van der Waals surface area contributed by atoms with E-state index in [1.807, 2.05) is 6.07 Å². The fraction of sp³-hybridized carbons (Fsp3) is 0.200. The lowest BCUT2D eigenvalue weighted by Crippen LogP contribution is -2.34. The monoisotopic (exact) mass is 465 g/mol. The van der Waals surface area contributed by atoms with E-state index in [0.717, 1.165) is 23.3 Å². The number of rotatable bonds is 7. The Labute approximate surface area is 193 Å². The highest BCUT2D eigenvalue weighted by Gasteiger charge is 2.19. The number of carbonyl (C=O) groups excluding carboxylic acids is 3. The summed E-state index contributed by atoms with van der Waals surface area (Å²) in [5.41, 5.74) is 2.09. The van der Waals surface area contributed by atoms with Crippen molar-refractivity contribution in [2.75, 3.05) is 11.9 Å². The van der Waals surface area contributed by atoms with Crippen molar-refractivity contribution in [1.82, 2.24) is 9.88 Å². The number of amides is 2. The number of Topliss-reactive ketones (excluding diaryl/α,β-unsaturated/α-hetero) is 1. The summed E-state index contributed by atoms with van der Waals surface area (Å²) in [6, 6.07) is 11.5. The molecule has 2 N–H and O–H groups in total. The molecule has 2 aromatic carbocycles. The molecule has 174 valence electrons. The number of nitrogens with zero attached hydrogens (tertiary/aromatic N) is 1. The second-order valence-corrected chi connectivity index (χ2v) is 8.03. The predicted molar refractivity (Wildman–Crippen MR) is 121 cm³/mol. The van der Waals surface area contributed by atoms with Gasteiger partial charge in [0.25, 0.3) is 11.5 Å². The van der Waals surface area contributed by atoms with E-state index in [2.05, 4.69) is 10.6 Å². The number of hydrogen-bond donors (Lipinski definition) is 2. The summed E-state index contributed by atoms with van der Waals surface area (Å²) in [6.45, 7) is -0.0302. The summed E-state index contributed by atoms with van der Waals surface area (Å²) in [6.07, 6.45) is 2.20. The maximum Gasteiger partial charge on any atom is 0.263 e. The average molecular weight is 465 g/mol. The molecule has 34 heavy (non-hydrogen) atoms. The van der Waals surface area contributed by atoms with Crippen molar-refractivity contribution in [1.29, 1.82) is 0 Å². The first-order valence-corrected chi connectivity index (χ1v) is 10.6. The van der Waals surface area contributed by atoms with Crippen LogP contribution in [0.2, 0.25) is 0 Å². The van der Waals surface area contributed by atoms with Crippen LogP contribution in [0.3, 0.4) is 0 Å². The molecular weight excluding hydrogens is 444 g/mol. The molecule has 0 unspecified atom stereocenters. The standard InChI is InChI=1S/C25H21F2N3O4/c26-21-6-3-15(10-22(21)27)14-30-9-1-2-20(25(30)34)24(33)28-8-7-23(32)29-18-5-4-16-12-19(31)13-17(16)11-18/h1-6,9-11H,7-8,12-14H2,(H,28,33)(H,29,32). The molecule has 7 nitrogen and oxygen atoms in total. The van der Waals surface area contributed by atoms with Crippen molar-refractivity contribution >= 4 is 23.3 Å². The van der Waals surface area contributed by atoms with Gasteiger partial charge in [0.05, 0.1) is 6.54 Å². The van der Waals surface area contributed by atoms with E-state index in [1.165, 1.54) is 29.0 Å². The van der Waals surface area contributed by atoms with Gasteiger partial charge in [-0.15, -0.1) is 0 Å². The van der Waals surface area contributed by atoms with Crippen LogP contribution in [0.5, 0.6) is 0 Å². The van der Waals surface area contributed by atoms with E-state index in [9.17, 15) is 28.0 Å². The van der Waals surface area contributed by atoms with Gasteiger partial charge in [-0.1, -0.05) is 12.1 Å². The van der Waals surface area contributed by atoms with Gasteiger partial charge in [0, 0.05) is 37.7 Å². The first kappa shape index (κ1) is 23.0. The largest absolute Gasteiger partial charge is 0.351 e. The topological polar surface area (TPSA) is 97.3 Å². The number of halogens is 2. The first-order chi connectivity index (χ1) is 16.3. The molecule has 0 saturated carbocycles. The van der Waals surface area contributed by atoms with Crippen LogP contribution < -0.4 is 16.2 Å². The van der Waals surface area contributed by atoms with Crippen LogP contribution in [-0.4, -0.2) is 28.7 Å². The van der Waals surface area contributed by atoms with Crippen LogP contribution in [0.4, 0.5) is 14.5 Å². The molecule has 0 aliphatic heterocycles. The number of nitrogens with one attached hydrogen (secondary N) is 2. The van der Waals surface area contributed by atoms with E-state index in [-0.39, 0.29) is 36.8 Å². The number of ketones is 1. The summed E-state index contributed by atoms with van der Waals surface area (Å²) in [5.74, 6) is -2.83. The minimum Gasteiger partial charge on any atom is -0.351 e. The number of aromatic nitrogens is 1. The predicted octanol–water partition coefficient (Wildman–Crippen LogP) is 2.60. The maximum atomic E-state index is 13.4. The second-order valence-electron chi connectivity index (χ2n) is 8.03. The van der Waals surface area contributed by atoms with E-state index >= 15 is 0 Å². The number of fused-ring (bicyclic) bond motifs is 1. The molecule has 3 aromatic rings. The number of carbonyl (C=O) groups is 3. The Bertz CT molecular complexity index is 1350. The Morgan fingerprint density at radius 2 is 1.74 bits per heavy atom. The third kappa shape index (κ3) is 5.25. The molecular formula is C25H21F2N3O4. The minimum atomic E-state index is -1.02. The smallest absolute Gasteiger partial charge is 0.263 e. The normalized spacial score (nSPS) is 12.4. The molecule has 0 atom stereocenters. The summed E-state index contributed by atoms with van der Waals surface area (Å²) in [4.78, 5) is 48.9. The zero-order valence-corrected chi connectivity index (χ0v) is 18.1. The highest BCUT2D eigenvalue weighted by Crippen LogP contribution is 2.23. The van der Waals surface area contributed by atoms with Crippen LogP contribution in [0, 0.1) is 11.6 Å². The van der Waals surface area contributed by atoms with Crippen LogP contribution in [0.15, 0.2) is 59.5 Å². The van der Waals surface area contributed by atoms with Crippen molar-refractivity contribution in [3.63, 3.8) is 0 Å². The Balaban J connectivity index is 1.32. The third-order valence-corrected chi connectivity index (χ3v) is 5.50. The summed E-state index contributed by atoms with van der Waals surface area (Å²) < 4.78 is 27.8. The zero-order chi connectivity index (χ0) is 24.2. The number of benzene rings is 2. The molecule has 1 aliphatic rings. The van der Waals surface area contributed by atoms with E-state index < -0.39 is 23.1 Å². The van der Waals surface area contributed by atoms with E-state index in [1.54, 1.807) is 12.1 Å². The van der Waals surface area contributed by atoms with Crippen molar-refractivity contribution in [3.8, 4) is 0 Å². The van der Waals surface area contributed by atoms with Gasteiger partial charge in [-0.2, -0.15) is 0 Å². The number of anilines is 1. The molecule has 4 rings (SSSR count). The van der Waals surface area contributed by atoms with Gasteiger partial charge < -0.3 is 15.2 Å². The number of hydrogen-bond acceptors (Lipinski definition) is 4. The molecule has 0 radical (unpaired) electrons. The van der Waals surface area contributed by atoms with Crippen molar-refractivity contribution in [2.45, 2.75) is 25.8 Å². The van der Waals surface area contributed by atoms with E-state index in [4.69, 9.17) is 0 Å². The first-order valence-electron chi connectivity index (χ1n) is 10.6. The molecule has 1 aliphatic carbocycles. The lowest BCUT2D eigenvalue weighted by Gasteiger charge is -2.10. The van der Waals surface area contributed by atoms with Crippen LogP contribution in [0.1, 0.15) is 33.5 Å². The summed E-state index contributed by atoms with van der Waals surface area (Å²) in [5, 5.41) is 5.28. The van der Waals surface area contributed by atoms with Gasteiger partial charge >= 0.3 is 0 Å². The Kier molecular flexibility index (Phi) is 6.62. The third-order valence-electron chi connectivity index (χ3n) is 5.50. The lowest BCUT2D eigenvalue weighted by atomic mass is 10.1. The quantitative estimate of drug-likeness (QED) is 0.561. The molecule has 0 bridgehead atoms.